The summed E-state index contributed by atoms with van der Waals surface area (Å²) in [5.41, 5.74) is 1.07. The smallest absolute Gasteiger partial charge is 0.238 e. The van der Waals surface area contributed by atoms with Crippen LogP contribution >= 0.6 is 0 Å². The van der Waals surface area contributed by atoms with Crippen LogP contribution in [0.1, 0.15) is 18.4 Å². The van der Waals surface area contributed by atoms with E-state index in [1.807, 2.05) is 0 Å². The predicted molar refractivity (Wildman–Crippen MR) is 65.4 cm³/mol. The third kappa shape index (κ3) is 3.58. The zero-order valence-corrected chi connectivity index (χ0v) is 9.57. The van der Waals surface area contributed by atoms with Crippen LogP contribution in [-0.4, -0.2) is 19.0 Å². The highest BCUT2D eigenvalue weighted by atomic mass is 16.1. The molecule has 0 heterocycles. The minimum absolute atomic E-state index is 0.103. The summed E-state index contributed by atoms with van der Waals surface area (Å²) in [6, 6.07) is 9.05. The van der Waals surface area contributed by atoms with E-state index < -0.39 is 0 Å². The highest BCUT2D eigenvalue weighted by Crippen LogP contribution is 2.27. The van der Waals surface area contributed by atoms with Crippen LogP contribution < -0.4 is 10.6 Å². The summed E-state index contributed by atoms with van der Waals surface area (Å²) in [5, 5.41) is 14.7. The first-order valence-electron chi connectivity index (χ1n) is 5.79. The van der Waals surface area contributed by atoms with Gasteiger partial charge < -0.3 is 10.6 Å². The Bertz CT molecular complexity index is 446. The zero-order chi connectivity index (χ0) is 12.1. The van der Waals surface area contributed by atoms with E-state index in [-0.39, 0.29) is 5.91 Å². The second-order valence-electron chi connectivity index (χ2n) is 4.28. The van der Waals surface area contributed by atoms with Crippen molar-refractivity contribution in [2.24, 2.45) is 5.92 Å². The zero-order valence-electron chi connectivity index (χ0n) is 9.57. The van der Waals surface area contributed by atoms with Gasteiger partial charge in [-0.1, -0.05) is 12.1 Å². The van der Waals surface area contributed by atoms with E-state index in [4.69, 9.17) is 5.26 Å². The summed E-state index contributed by atoms with van der Waals surface area (Å²) in [5.74, 6) is 0.655. The van der Waals surface area contributed by atoms with Crippen LogP contribution in [0.3, 0.4) is 0 Å². The molecule has 88 valence electrons. The molecule has 1 aromatic rings. The van der Waals surface area contributed by atoms with E-state index >= 15 is 0 Å². The minimum atomic E-state index is -0.103. The topological polar surface area (TPSA) is 64.9 Å². The van der Waals surface area contributed by atoms with E-state index in [1.165, 1.54) is 12.8 Å². The van der Waals surface area contributed by atoms with Gasteiger partial charge in [0.2, 0.25) is 5.91 Å². The van der Waals surface area contributed by atoms with Crippen LogP contribution in [0, 0.1) is 17.2 Å². The van der Waals surface area contributed by atoms with E-state index in [0.29, 0.717) is 17.8 Å². The minimum Gasteiger partial charge on any atom is -0.324 e. The number of carbonyl (C=O) groups is 1. The molecule has 0 spiro atoms. The van der Waals surface area contributed by atoms with Gasteiger partial charge in [0, 0.05) is 0 Å². The van der Waals surface area contributed by atoms with Crippen LogP contribution in [-0.2, 0) is 4.79 Å². The lowest BCUT2D eigenvalue weighted by molar-refractivity contribution is -0.115. The number of hydrogen-bond acceptors (Lipinski definition) is 3. The normalized spacial score (nSPS) is 14.1. The number of hydrogen-bond donors (Lipinski definition) is 2. The molecule has 1 amide bonds. The molecule has 1 aromatic carbocycles. The number of benzene rings is 1. The molecule has 0 atom stereocenters. The largest absolute Gasteiger partial charge is 0.324 e. The highest BCUT2D eigenvalue weighted by Gasteiger charge is 2.20. The Morgan fingerprint density at radius 2 is 2.18 bits per heavy atom. The fraction of sp³-hybridized carbons (Fsp3) is 0.385. The molecule has 1 aliphatic rings. The standard InChI is InChI=1S/C13H15N3O/c14-7-11-3-1-2-4-12(11)16-13(17)9-15-8-10-5-6-10/h1-4,10,15H,5-6,8-9H2,(H,16,17). The first-order chi connectivity index (χ1) is 8.29. The van der Waals surface area contributed by atoms with Crippen molar-refractivity contribution >= 4 is 11.6 Å². The van der Waals surface area contributed by atoms with E-state index in [9.17, 15) is 4.79 Å². The van der Waals surface area contributed by atoms with Gasteiger partial charge in [0.15, 0.2) is 0 Å². The Kier molecular flexibility index (Phi) is 3.73. The van der Waals surface area contributed by atoms with Gasteiger partial charge in [-0.05, 0) is 37.4 Å². The lowest BCUT2D eigenvalue weighted by Gasteiger charge is -2.07. The van der Waals surface area contributed by atoms with Crippen molar-refractivity contribution in [1.82, 2.24) is 5.32 Å². The number of nitriles is 1. The van der Waals surface area contributed by atoms with Gasteiger partial charge in [-0.15, -0.1) is 0 Å². The van der Waals surface area contributed by atoms with Gasteiger partial charge >= 0.3 is 0 Å². The van der Waals surface area contributed by atoms with Crippen LogP contribution in [0.15, 0.2) is 24.3 Å². The molecule has 2 N–H and O–H groups in total. The van der Waals surface area contributed by atoms with Gasteiger partial charge in [0.05, 0.1) is 17.8 Å². The van der Waals surface area contributed by atoms with Crippen molar-refractivity contribution in [3.8, 4) is 6.07 Å². The third-order valence-corrected chi connectivity index (χ3v) is 2.74. The average Bonchev–Trinajstić information content (AvgIpc) is 3.14. The van der Waals surface area contributed by atoms with Crippen LogP contribution in [0.25, 0.3) is 0 Å². The molecule has 1 fully saturated rings. The average molecular weight is 229 g/mol. The van der Waals surface area contributed by atoms with E-state index in [2.05, 4.69) is 16.7 Å². The number of nitrogens with zero attached hydrogens (tertiary/aromatic N) is 1. The Labute approximate surface area is 101 Å². The first kappa shape index (κ1) is 11.6. The quantitative estimate of drug-likeness (QED) is 0.804. The summed E-state index contributed by atoms with van der Waals surface area (Å²) in [6.45, 7) is 1.21. The van der Waals surface area contributed by atoms with Gasteiger partial charge in [-0.2, -0.15) is 5.26 Å². The lowest BCUT2D eigenvalue weighted by atomic mass is 10.2. The Hall–Kier alpha value is -1.86. The number of rotatable bonds is 5. The molecular formula is C13H15N3O. The van der Waals surface area contributed by atoms with E-state index in [1.54, 1.807) is 24.3 Å². The molecule has 17 heavy (non-hydrogen) atoms. The fourth-order valence-corrected chi connectivity index (χ4v) is 1.60. The van der Waals surface area contributed by atoms with Crippen molar-refractivity contribution < 1.29 is 4.79 Å². The lowest BCUT2D eigenvalue weighted by Crippen LogP contribution is -2.29. The first-order valence-corrected chi connectivity index (χ1v) is 5.79. The summed E-state index contributed by atoms with van der Waals surface area (Å²) in [4.78, 5) is 11.6. The molecule has 4 heteroatoms. The summed E-state index contributed by atoms with van der Waals surface area (Å²) < 4.78 is 0. The van der Waals surface area contributed by atoms with Crippen LogP contribution in [0.5, 0.6) is 0 Å². The Morgan fingerprint density at radius 3 is 2.88 bits per heavy atom. The number of nitrogens with one attached hydrogen (secondary N) is 2. The molecule has 0 aliphatic heterocycles. The summed E-state index contributed by atoms with van der Waals surface area (Å²) in [6.07, 6.45) is 2.54. The predicted octanol–water partition coefficient (Wildman–Crippen LogP) is 1.50. The number of para-hydroxylation sites is 1. The SMILES string of the molecule is N#Cc1ccccc1NC(=O)CNCC1CC1. The molecule has 0 radical (unpaired) electrons. The molecule has 0 bridgehead atoms. The molecule has 0 saturated heterocycles. The molecule has 1 saturated carbocycles. The fourth-order valence-electron chi connectivity index (χ4n) is 1.60. The maximum Gasteiger partial charge on any atom is 0.238 e. The van der Waals surface area contributed by atoms with E-state index in [0.717, 1.165) is 12.5 Å². The molecule has 0 aromatic heterocycles. The van der Waals surface area contributed by atoms with Crippen LogP contribution in [0.2, 0.25) is 0 Å². The summed E-state index contributed by atoms with van der Waals surface area (Å²) in [7, 11) is 0. The maximum atomic E-state index is 11.6. The Morgan fingerprint density at radius 1 is 1.41 bits per heavy atom. The number of carbonyl (C=O) groups excluding carboxylic acids is 1. The monoisotopic (exact) mass is 229 g/mol. The molecule has 2 rings (SSSR count). The second kappa shape index (κ2) is 5.46. The molecule has 4 nitrogen and oxygen atoms in total. The van der Waals surface area contributed by atoms with Crippen LogP contribution in [0.4, 0.5) is 5.69 Å². The third-order valence-electron chi connectivity index (χ3n) is 2.74. The number of amides is 1. The highest BCUT2D eigenvalue weighted by molar-refractivity contribution is 5.93. The van der Waals surface area contributed by atoms with Gasteiger partial charge in [-0.3, -0.25) is 4.79 Å². The molecular weight excluding hydrogens is 214 g/mol. The molecule has 0 unspecified atom stereocenters. The molecule has 1 aliphatic carbocycles. The maximum absolute atomic E-state index is 11.6. The van der Waals surface area contributed by atoms with Crippen molar-refractivity contribution in [3.05, 3.63) is 29.8 Å². The van der Waals surface area contributed by atoms with Gasteiger partial charge in [-0.25, -0.2) is 0 Å². The number of anilines is 1. The van der Waals surface area contributed by atoms with Crippen molar-refractivity contribution in [2.75, 3.05) is 18.4 Å². The summed E-state index contributed by atoms with van der Waals surface area (Å²) >= 11 is 0. The van der Waals surface area contributed by atoms with Gasteiger partial charge in [0.25, 0.3) is 0 Å². The second-order valence-corrected chi connectivity index (χ2v) is 4.28. The van der Waals surface area contributed by atoms with Crippen molar-refractivity contribution in [3.63, 3.8) is 0 Å². The Balaban J connectivity index is 1.82. The van der Waals surface area contributed by atoms with Crippen molar-refractivity contribution in [2.45, 2.75) is 12.8 Å². The van der Waals surface area contributed by atoms with Crippen molar-refractivity contribution in [1.29, 1.82) is 5.26 Å². The van der Waals surface area contributed by atoms with Gasteiger partial charge in [0.1, 0.15) is 6.07 Å².